The van der Waals surface area contributed by atoms with Crippen molar-refractivity contribution in [2.75, 3.05) is 44.8 Å². The van der Waals surface area contributed by atoms with Crippen LogP contribution < -0.4 is 15.7 Å². The number of nitrogens with zero attached hydrogens (tertiary/aromatic N) is 4. The smallest absolute Gasteiger partial charge is 0.349 e. The topological polar surface area (TPSA) is 139 Å². The summed E-state index contributed by atoms with van der Waals surface area (Å²) < 4.78 is 34.4. The summed E-state index contributed by atoms with van der Waals surface area (Å²) in [5.74, 6) is 3.20. The lowest BCUT2D eigenvalue weighted by Gasteiger charge is -2.38. The van der Waals surface area contributed by atoms with Crippen LogP contribution in [0.5, 0.6) is 11.8 Å². The molecule has 0 bridgehead atoms. The summed E-state index contributed by atoms with van der Waals surface area (Å²) >= 11 is 0. The van der Waals surface area contributed by atoms with Crippen molar-refractivity contribution in [2.45, 2.75) is 84.5 Å². The average Bonchev–Trinajstić information content (AvgIpc) is 3.85. The van der Waals surface area contributed by atoms with Gasteiger partial charge < -0.3 is 29.3 Å². The number of phenolic OH excluding ortho intramolecular Hbond substituents is 1. The maximum atomic E-state index is 16.2. The number of hydrogen-bond acceptors (Lipinski definition) is 10. The summed E-state index contributed by atoms with van der Waals surface area (Å²) in [6.07, 6.45) is 5.67. The predicted octanol–water partition coefficient (Wildman–Crippen LogP) is 9.11. The van der Waals surface area contributed by atoms with Crippen molar-refractivity contribution in [2.24, 2.45) is 5.41 Å². The molecule has 1 aliphatic carbocycles. The third-order valence-electron chi connectivity index (χ3n) is 12.7. The minimum absolute atomic E-state index is 0.0145. The molecule has 11 nitrogen and oxygen atoms in total. The number of benzene rings is 2. The number of hydrogen-bond donors (Lipinski definition) is 3. The van der Waals surface area contributed by atoms with Crippen LogP contribution in [0.25, 0.3) is 44.0 Å². The maximum Gasteiger partial charge on any atom is 0.349 e. The molecule has 0 radical (unpaired) electrons. The number of aromatic amines is 1. The monoisotopic (exact) mass is 816 g/mol. The van der Waals surface area contributed by atoms with E-state index in [9.17, 15) is 9.90 Å². The fourth-order valence-electron chi connectivity index (χ4n) is 9.33. The first-order chi connectivity index (χ1) is 28.3. The van der Waals surface area contributed by atoms with Gasteiger partial charge in [0.1, 0.15) is 42.3 Å². The normalized spacial score (nSPS) is 15.7. The second-order valence-corrected chi connectivity index (χ2v) is 22.9. The lowest BCUT2D eigenvalue weighted by molar-refractivity contribution is 0.0231. The molecule has 0 spiro atoms. The molecule has 1 aliphatic heterocycles. The van der Waals surface area contributed by atoms with Gasteiger partial charge in [-0.25, -0.2) is 14.2 Å². The fourth-order valence-corrected chi connectivity index (χ4v) is 14.5. The van der Waals surface area contributed by atoms with Gasteiger partial charge in [0.2, 0.25) is 0 Å². The van der Waals surface area contributed by atoms with Crippen LogP contribution in [-0.4, -0.2) is 77.5 Å². The van der Waals surface area contributed by atoms with E-state index in [1.165, 1.54) is 12.1 Å². The SMILES string of the molecule is Cc1c(-c2cc(O)cc3ccc(F)c(C#C[Si](C(C)C)(C(C)C)C(C)C)c23)oc(=O)c2c(NCc3c[nH]c4ncccc34)nc(OCC3(CN4CCOCC4)CC3)nc12. The van der Waals surface area contributed by atoms with Crippen molar-refractivity contribution in [3.63, 3.8) is 0 Å². The standard InChI is InChI=1S/C46H53FN6O5Si/c1-27(2)59(28(3)4,29(5)6)20-12-35-37(47)11-10-31-21-33(54)22-36(38(31)35)41-30(7)40-39(44(55)58-41)43(50-24-32-23-49-42-34(32)9-8-15-48-42)52-45(51-40)57-26-46(13-14-46)25-53-16-18-56-19-17-53/h8-11,15,21-23,27-29,54H,13-14,16-19,24-26H2,1-7H3,(H,48,49)(H,50,51,52). The number of phenols is 1. The summed E-state index contributed by atoms with van der Waals surface area (Å²) in [5.41, 5.74) is 7.03. The molecule has 6 aromatic rings. The Bertz CT molecular complexity index is 2650. The number of aromatic nitrogens is 4. The van der Waals surface area contributed by atoms with Crippen LogP contribution in [0, 0.1) is 29.6 Å². The Morgan fingerprint density at radius 2 is 1.80 bits per heavy atom. The number of halogens is 1. The van der Waals surface area contributed by atoms with Gasteiger partial charge in [-0.3, -0.25) is 4.90 Å². The predicted molar refractivity (Wildman–Crippen MR) is 233 cm³/mol. The molecule has 13 heteroatoms. The summed E-state index contributed by atoms with van der Waals surface area (Å²) in [6, 6.07) is 10.1. The van der Waals surface area contributed by atoms with E-state index in [1.54, 1.807) is 18.3 Å². The second kappa shape index (κ2) is 16.0. The van der Waals surface area contributed by atoms with Gasteiger partial charge in [0.25, 0.3) is 0 Å². The highest BCUT2D eigenvalue weighted by molar-refractivity contribution is 6.90. The number of H-pyrrole nitrogens is 1. The largest absolute Gasteiger partial charge is 0.508 e. The van der Waals surface area contributed by atoms with Gasteiger partial charge in [-0.1, -0.05) is 53.5 Å². The van der Waals surface area contributed by atoms with Crippen molar-refractivity contribution in [1.82, 2.24) is 24.8 Å². The van der Waals surface area contributed by atoms with Gasteiger partial charge in [-0.2, -0.15) is 9.97 Å². The van der Waals surface area contributed by atoms with Gasteiger partial charge in [0.05, 0.1) is 30.9 Å². The highest BCUT2D eigenvalue weighted by atomic mass is 28.3. The molecule has 308 valence electrons. The van der Waals surface area contributed by atoms with E-state index < -0.39 is 19.5 Å². The van der Waals surface area contributed by atoms with Crippen molar-refractivity contribution < 1.29 is 23.4 Å². The van der Waals surface area contributed by atoms with E-state index in [1.807, 2.05) is 25.3 Å². The number of anilines is 1. The molecule has 0 atom stereocenters. The molecule has 2 fully saturated rings. The van der Waals surface area contributed by atoms with Crippen molar-refractivity contribution >= 4 is 46.6 Å². The molecule has 1 saturated carbocycles. The van der Waals surface area contributed by atoms with E-state index in [-0.39, 0.29) is 39.7 Å². The Kier molecular flexibility index (Phi) is 11.0. The zero-order valence-corrected chi connectivity index (χ0v) is 36.0. The molecule has 3 N–H and O–H groups in total. The zero-order valence-electron chi connectivity index (χ0n) is 35.0. The van der Waals surface area contributed by atoms with Crippen LogP contribution in [-0.2, 0) is 11.3 Å². The van der Waals surface area contributed by atoms with Crippen molar-refractivity contribution in [3.8, 4) is 34.5 Å². The summed E-state index contributed by atoms with van der Waals surface area (Å²) in [6.45, 7) is 20.0. The Morgan fingerprint density at radius 3 is 2.51 bits per heavy atom. The first kappa shape index (κ1) is 40.5. The number of rotatable bonds is 12. The van der Waals surface area contributed by atoms with Gasteiger partial charge in [0, 0.05) is 65.9 Å². The third kappa shape index (κ3) is 7.70. The quantitative estimate of drug-likeness (QED) is 0.0810. The molecule has 1 saturated heterocycles. The lowest BCUT2D eigenvalue weighted by Crippen LogP contribution is -2.43. The fraction of sp³-hybridized carbons (Fsp3) is 0.435. The molecule has 5 heterocycles. The highest BCUT2D eigenvalue weighted by Crippen LogP contribution is 2.47. The Hall–Kier alpha value is -5.29. The minimum Gasteiger partial charge on any atom is -0.508 e. The number of morpholine rings is 1. The molecular formula is C46H53FN6O5Si. The third-order valence-corrected chi connectivity index (χ3v) is 18.9. The summed E-state index contributed by atoms with van der Waals surface area (Å²) in [5, 5.41) is 16.6. The van der Waals surface area contributed by atoms with Gasteiger partial charge >= 0.3 is 11.6 Å². The Balaban J connectivity index is 1.26. The van der Waals surface area contributed by atoms with Crippen LogP contribution >= 0.6 is 0 Å². The van der Waals surface area contributed by atoms with Crippen LogP contribution in [0.3, 0.4) is 0 Å². The van der Waals surface area contributed by atoms with Gasteiger partial charge in [-0.15, -0.1) is 5.54 Å². The molecule has 4 aromatic heterocycles. The van der Waals surface area contributed by atoms with Crippen molar-refractivity contribution in [1.29, 1.82) is 0 Å². The number of aryl methyl sites for hydroxylation is 1. The van der Waals surface area contributed by atoms with E-state index >= 15 is 4.39 Å². The number of fused-ring (bicyclic) bond motifs is 3. The first-order valence-corrected chi connectivity index (χ1v) is 23.0. The van der Waals surface area contributed by atoms with Crippen LogP contribution in [0.15, 0.2) is 58.0 Å². The number of nitrogens with one attached hydrogen (secondary N) is 2. The summed E-state index contributed by atoms with van der Waals surface area (Å²) in [7, 11) is -2.27. The Morgan fingerprint density at radius 1 is 1.05 bits per heavy atom. The molecular weight excluding hydrogens is 764 g/mol. The van der Waals surface area contributed by atoms with Gasteiger partial charge in [0.15, 0.2) is 0 Å². The molecule has 8 rings (SSSR count). The second-order valence-electron chi connectivity index (χ2n) is 17.3. The van der Waals surface area contributed by atoms with E-state index in [0.717, 1.165) is 62.3 Å². The summed E-state index contributed by atoms with van der Waals surface area (Å²) in [4.78, 5) is 34.0. The van der Waals surface area contributed by atoms with Crippen LogP contribution in [0.2, 0.25) is 16.6 Å². The molecule has 2 aromatic carbocycles. The Labute approximate surface area is 344 Å². The van der Waals surface area contributed by atoms with Crippen LogP contribution in [0.1, 0.15) is 71.1 Å². The first-order valence-electron chi connectivity index (χ1n) is 20.7. The molecule has 59 heavy (non-hydrogen) atoms. The van der Waals surface area contributed by atoms with E-state index in [2.05, 4.69) is 73.2 Å². The average molecular weight is 817 g/mol. The van der Waals surface area contributed by atoms with E-state index in [0.29, 0.717) is 57.2 Å². The lowest BCUT2D eigenvalue weighted by atomic mass is 9.95. The van der Waals surface area contributed by atoms with E-state index in [4.69, 9.17) is 23.9 Å². The number of aromatic hydroxyl groups is 1. The highest BCUT2D eigenvalue weighted by Gasteiger charge is 2.45. The number of ether oxygens (including phenoxy) is 2. The maximum absolute atomic E-state index is 16.2. The van der Waals surface area contributed by atoms with Crippen molar-refractivity contribution in [3.05, 3.63) is 81.7 Å². The molecule has 0 unspecified atom stereocenters. The number of pyridine rings is 1. The zero-order chi connectivity index (χ0) is 41.6. The minimum atomic E-state index is -2.27. The molecule has 0 amide bonds. The molecule has 2 aliphatic rings. The van der Waals surface area contributed by atoms with Gasteiger partial charge in [-0.05, 0) is 77.7 Å². The van der Waals surface area contributed by atoms with Crippen LogP contribution in [0.4, 0.5) is 10.2 Å².